The highest BCUT2D eigenvalue weighted by atomic mass is 16.2. The number of anilines is 1. The van der Waals surface area contributed by atoms with Crippen molar-refractivity contribution in [3.05, 3.63) is 64.3 Å². The van der Waals surface area contributed by atoms with Crippen molar-refractivity contribution in [1.82, 2.24) is 14.8 Å². The Balaban J connectivity index is 1.34. The molecule has 2 heterocycles. The normalized spacial score (nSPS) is 14.8. The van der Waals surface area contributed by atoms with Crippen LogP contribution in [0.4, 0.5) is 5.69 Å². The molecule has 1 aromatic heterocycles. The van der Waals surface area contributed by atoms with Crippen LogP contribution in [0.1, 0.15) is 32.7 Å². The second-order valence-electron chi connectivity index (χ2n) is 8.50. The molecule has 1 saturated heterocycles. The van der Waals surface area contributed by atoms with E-state index in [2.05, 4.69) is 22.1 Å². The van der Waals surface area contributed by atoms with Crippen molar-refractivity contribution < 1.29 is 9.59 Å². The second kappa shape index (κ2) is 8.55. The number of nitrogens with one attached hydrogen (secondary N) is 2. The molecule has 0 saturated carbocycles. The van der Waals surface area contributed by atoms with Gasteiger partial charge in [0.15, 0.2) is 0 Å². The van der Waals surface area contributed by atoms with E-state index >= 15 is 0 Å². The molecule has 4 rings (SSSR count). The molecule has 162 valence electrons. The lowest BCUT2D eigenvalue weighted by Gasteiger charge is -2.34. The van der Waals surface area contributed by atoms with Gasteiger partial charge in [-0.2, -0.15) is 0 Å². The zero-order valence-corrected chi connectivity index (χ0v) is 18.7. The second-order valence-corrected chi connectivity index (χ2v) is 8.50. The van der Waals surface area contributed by atoms with Crippen LogP contribution in [-0.2, 0) is 4.79 Å². The average Bonchev–Trinajstić information content (AvgIpc) is 3.04. The lowest BCUT2D eigenvalue weighted by Crippen LogP contribution is -2.50. The van der Waals surface area contributed by atoms with Crippen LogP contribution in [0.15, 0.2) is 36.4 Å². The third-order valence-electron chi connectivity index (χ3n) is 6.46. The molecule has 1 aliphatic rings. The summed E-state index contributed by atoms with van der Waals surface area (Å²) in [6, 6.07) is 11.8. The Morgan fingerprint density at radius 3 is 2.45 bits per heavy atom. The molecule has 2 N–H and O–H groups in total. The molecule has 6 nitrogen and oxygen atoms in total. The van der Waals surface area contributed by atoms with Crippen LogP contribution in [0.5, 0.6) is 0 Å². The van der Waals surface area contributed by atoms with Gasteiger partial charge in [0.1, 0.15) is 0 Å². The standard InChI is InChI=1S/C25H30N4O2/c1-16-6-5-7-22(17(16)2)27-24(30)15-28-10-12-29(13-11-28)25(31)20-8-9-23-21(14-20)18(3)19(4)26-23/h5-9,14,26H,10-13,15H2,1-4H3,(H,27,30). The first-order valence-electron chi connectivity index (χ1n) is 10.8. The van der Waals surface area contributed by atoms with E-state index in [0.29, 0.717) is 32.7 Å². The maximum absolute atomic E-state index is 13.0. The Labute approximate surface area is 183 Å². The fourth-order valence-electron chi connectivity index (χ4n) is 4.17. The minimum absolute atomic E-state index is 0.0165. The fourth-order valence-corrected chi connectivity index (χ4v) is 4.17. The topological polar surface area (TPSA) is 68.4 Å². The maximum Gasteiger partial charge on any atom is 0.253 e. The first kappa shape index (κ1) is 21.1. The Kier molecular flexibility index (Phi) is 5.83. The summed E-state index contributed by atoms with van der Waals surface area (Å²) in [5.41, 5.74) is 7.22. The predicted octanol–water partition coefficient (Wildman–Crippen LogP) is 3.80. The zero-order chi connectivity index (χ0) is 22.1. The third kappa shape index (κ3) is 4.35. The lowest BCUT2D eigenvalue weighted by molar-refractivity contribution is -0.117. The summed E-state index contributed by atoms with van der Waals surface area (Å²) in [6.45, 7) is 11.1. The van der Waals surface area contributed by atoms with E-state index in [9.17, 15) is 9.59 Å². The Hall–Kier alpha value is -3.12. The molecule has 0 atom stereocenters. The lowest BCUT2D eigenvalue weighted by atomic mass is 10.1. The summed E-state index contributed by atoms with van der Waals surface area (Å²) in [4.78, 5) is 32.9. The van der Waals surface area contributed by atoms with Gasteiger partial charge in [0.25, 0.3) is 5.91 Å². The summed E-state index contributed by atoms with van der Waals surface area (Å²) in [5.74, 6) is 0.0388. The minimum Gasteiger partial charge on any atom is -0.358 e. The first-order chi connectivity index (χ1) is 14.8. The highest BCUT2D eigenvalue weighted by molar-refractivity contribution is 5.99. The fraction of sp³-hybridized carbons (Fsp3) is 0.360. The molecule has 0 aliphatic carbocycles. The smallest absolute Gasteiger partial charge is 0.253 e. The highest BCUT2D eigenvalue weighted by Crippen LogP contribution is 2.23. The molecule has 0 bridgehead atoms. The summed E-state index contributed by atoms with van der Waals surface area (Å²) in [6.07, 6.45) is 0. The van der Waals surface area contributed by atoms with Gasteiger partial charge in [-0.15, -0.1) is 0 Å². The number of hydrogen-bond acceptors (Lipinski definition) is 3. The van der Waals surface area contributed by atoms with Crippen LogP contribution in [-0.4, -0.2) is 59.3 Å². The van der Waals surface area contributed by atoms with Crippen molar-refractivity contribution in [1.29, 1.82) is 0 Å². The van der Waals surface area contributed by atoms with E-state index in [4.69, 9.17) is 0 Å². The number of benzene rings is 2. The number of hydrogen-bond donors (Lipinski definition) is 2. The summed E-state index contributed by atoms with van der Waals surface area (Å²) in [5, 5.41) is 4.12. The molecule has 0 radical (unpaired) electrons. The van der Waals surface area contributed by atoms with E-state index in [-0.39, 0.29) is 11.8 Å². The molecular formula is C25H30N4O2. The van der Waals surface area contributed by atoms with Crippen LogP contribution < -0.4 is 5.32 Å². The van der Waals surface area contributed by atoms with Crippen LogP contribution in [0.2, 0.25) is 0 Å². The van der Waals surface area contributed by atoms with Crippen LogP contribution in [0.3, 0.4) is 0 Å². The third-order valence-corrected chi connectivity index (χ3v) is 6.46. The van der Waals surface area contributed by atoms with Crippen LogP contribution >= 0.6 is 0 Å². The number of H-pyrrole nitrogens is 1. The van der Waals surface area contributed by atoms with Gasteiger partial charge in [-0.1, -0.05) is 12.1 Å². The van der Waals surface area contributed by atoms with Gasteiger partial charge >= 0.3 is 0 Å². The van der Waals surface area contributed by atoms with E-state index in [1.165, 1.54) is 5.56 Å². The number of amides is 2. The number of nitrogens with zero attached hydrogens (tertiary/aromatic N) is 2. The van der Waals surface area contributed by atoms with Crippen LogP contribution in [0.25, 0.3) is 10.9 Å². The number of carbonyl (C=O) groups is 2. The van der Waals surface area contributed by atoms with E-state index in [1.54, 1.807) is 0 Å². The van der Waals surface area contributed by atoms with Gasteiger partial charge < -0.3 is 15.2 Å². The van der Waals surface area contributed by atoms with Gasteiger partial charge in [0, 0.05) is 54.0 Å². The quantitative estimate of drug-likeness (QED) is 0.677. The van der Waals surface area contributed by atoms with Crippen molar-refractivity contribution in [3.63, 3.8) is 0 Å². The van der Waals surface area contributed by atoms with Crippen molar-refractivity contribution in [2.45, 2.75) is 27.7 Å². The monoisotopic (exact) mass is 418 g/mol. The number of rotatable bonds is 4. The number of aromatic nitrogens is 1. The molecule has 3 aromatic rings. The average molecular weight is 419 g/mol. The summed E-state index contributed by atoms with van der Waals surface area (Å²) < 4.78 is 0. The number of fused-ring (bicyclic) bond motifs is 1. The molecule has 1 aliphatic heterocycles. The van der Waals surface area contributed by atoms with Gasteiger partial charge in [0.2, 0.25) is 5.91 Å². The van der Waals surface area contributed by atoms with E-state index < -0.39 is 0 Å². The number of carbonyl (C=O) groups excluding carboxylic acids is 2. The van der Waals surface area contributed by atoms with Crippen molar-refractivity contribution in [2.75, 3.05) is 38.0 Å². The predicted molar refractivity (Wildman–Crippen MR) is 125 cm³/mol. The molecule has 1 fully saturated rings. The zero-order valence-electron chi connectivity index (χ0n) is 18.7. The largest absolute Gasteiger partial charge is 0.358 e. The van der Waals surface area contributed by atoms with E-state index in [0.717, 1.165) is 39.0 Å². The van der Waals surface area contributed by atoms with Crippen LogP contribution in [0, 0.1) is 27.7 Å². The molecule has 0 spiro atoms. The minimum atomic E-state index is -0.0165. The number of piperazine rings is 1. The Morgan fingerprint density at radius 2 is 1.71 bits per heavy atom. The van der Waals surface area contributed by atoms with Crippen molar-refractivity contribution in [3.8, 4) is 0 Å². The molecule has 0 unspecified atom stereocenters. The van der Waals surface area contributed by atoms with Crippen molar-refractivity contribution in [2.24, 2.45) is 0 Å². The molecule has 2 amide bonds. The molecule has 2 aromatic carbocycles. The highest BCUT2D eigenvalue weighted by Gasteiger charge is 2.24. The molecule has 6 heteroatoms. The summed E-state index contributed by atoms with van der Waals surface area (Å²) in [7, 11) is 0. The van der Waals surface area contributed by atoms with E-state index in [1.807, 2.05) is 62.1 Å². The van der Waals surface area contributed by atoms with Gasteiger partial charge in [-0.3, -0.25) is 14.5 Å². The Bertz CT molecular complexity index is 1140. The number of aromatic amines is 1. The van der Waals surface area contributed by atoms with Gasteiger partial charge in [0.05, 0.1) is 6.54 Å². The molecule has 31 heavy (non-hydrogen) atoms. The first-order valence-corrected chi connectivity index (χ1v) is 10.8. The van der Waals surface area contributed by atoms with Gasteiger partial charge in [-0.25, -0.2) is 0 Å². The maximum atomic E-state index is 13.0. The summed E-state index contributed by atoms with van der Waals surface area (Å²) >= 11 is 0. The SMILES string of the molecule is Cc1cccc(NC(=O)CN2CCN(C(=O)c3ccc4[nH]c(C)c(C)c4c3)CC2)c1C. The van der Waals surface area contributed by atoms with Gasteiger partial charge in [-0.05, 0) is 68.7 Å². The van der Waals surface area contributed by atoms with Crippen molar-refractivity contribution >= 4 is 28.4 Å². The molecular weight excluding hydrogens is 388 g/mol. The Morgan fingerprint density at radius 1 is 0.968 bits per heavy atom. The number of aryl methyl sites for hydroxylation is 3.